The molecule has 270 valence electrons. The molecule has 15 rings (SSSR count). The molecule has 0 amide bonds. The van der Waals surface area contributed by atoms with Gasteiger partial charge in [-0.2, -0.15) is 9.97 Å². The Bertz CT molecular complexity index is 4170. The zero-order valence-corrected chi connectivity index (χ0v) is 31.3. The molecule has 0 saturated heterocycles. The van der Waals surface area contributed by atoms with E-state index in [0.29, 0.717) is 17.6 Å². The Balaban J connectivity index is 1.08. The fraction of sp³-hybridized carbons (Fsp3) is 0. The molecule has 6 nitrogen and oxygen atoms in total. The van der Waals surface area contributed by atoms with Gasteiger partial charge in [0.2, 0.25) is 5.95 Å². The zero-order valence-electron chi connectivity index (χ0n) is 31.3. The molecule has 0 fully saturated rings. The lowest BCUT2D eigenvalue weighted by atomic mass is 9.96. The molecule has 0 saturated carbocycles. The number of rotatable bonds is 4. The fourth-order valence-electron chi connectivity index (χ4n) is 10.7. The van der Waals surface area contributed by atoms with Crippen molar-refractivity contribution in [2.45, 2.75) is 0 Å². The largest absolute Gasteiger partial charge is 0.309 e. The van der Waals surface area contributed by atoms with E-state index in [2.05, 4.69) is 165 Å². The number of hydrogen-bond acceptors (Lipinski definition) is 3. The predicted octanol–water partition coefficient (Wildman–Crippen LogP) is 13.2. The number of aromatic nitrogens is 6. The second kappa shape index (κ2) is 10.4. The van der Waals surface area contributed by atoms with E-state index in [1.807, 2.05) is 18.2 Å². The van der Waals surface area contributed by atoms with Crippen LogP contribution in [0.25, 0.3) is 138 Å². The predicted molar refractivity (Wildman–Crippen MR) is 243 cm³/mol. The van der Waals surface area contributed by atoms with Gasteiger partial charge in [0.1, 0.15) is 0 Å². The van der Waals surface area contributed by atoms with Crippen LogP contribution < -0.4 is 0 Å². The van der Waals surface area contributed by atoms with Crippen molar-refractivity contribution in [3.63, 3.8) is 0 Å². The Morgan fingerprint density at radius 1 is 0.322 bits per heavy atom. The molecule has 59 heavy (non-hydrogen) atoms. The van der Waals surface area contributed by atoms with Crippen LogP contribution in [0.4, 0.5) is 0 Å². The van der Waals surface area contributed by atoms with Crippen LogP contribution in [0.5, 0.6) is 0 Å². The maximum atomic E-state index is 5.45. The Morgan fingerprint density at radius 3 is 1.73 bits per heavy atom. The Morgan fingerprint density at radius 2 is 0.898 bits per heavy atom. The van der Waals surface area contributed by atoms with E-state index in [4.69, 9.17) is 15.0 Å². The lowest BCUT2D eigenvalue weighted by Crippen LogP contribution is -2.06. The van der Waals surface area contributed by atoms with Crippen molar-refractivity contribution >= 4 is 103 Å². The lowest BCUT2D eigenvalue weighted by Gasteiger charge is -2.12. The van der Waals surface area contributed by atoms with E-state index in [1.165, 1.54) is 81.2 Å². The first kappa shape index (κ1) is 30.1. The van der Waals surface area contributed by atoms with Crippen LogP contribution in [-0.4, -0.2) is 28.5 Å². The van der Waals surface area contributed by atoms with E-state index in [1.54, 1.807) is 0 Å². The molecule has 0 aliphatic rings. The molecule has 0 N–H and O–H groups in total. The minimum Gasteiger partial charge on any atom is -0.309 e. The number of hydrogen-bond donors (Lipinski definition) is 0. The van der Waals surface area contributed by atoms with Crippen molar-refractivity contribution in [3.8, 4) is 34.4 Å². The summed E-state index contributed by atoms with van der Waals surface area (Å²) in [7, 11) is 0. The summed E-state index contributed by atoms with van der Waals surface area (Å²) >= 11 is 0. The molecule has 6 heteroatoms. The van der Waals surface area contributed by atoms with Crippen LogP contribution in [0.2, 0.25) is 0 Å². The molecule has 0 radical (unpaired) electrons. The van der Waals surface area contributed by atoms with Crippen LogP contribution in [0.3, 0.4) is 0 Å². The highest BCUT2D eigenvalue weighted by Crippen LogP contribution is 2.51. The highest BCUT2D eigenvalue weighted by Gasteiger charge is 2.29. The average Bonchev–Trinajstić information content (AvgIpc) is 4.00. The smallest absolute Gasteiger partial charge is 0.238 e. The van der Waals surface area contributed by atoms with E-state index >= 15 is 0 Å². The standard InChI is InChI=1S/C53H28N6/c1-3-10-31(11-4-1)51-54-52(32-21-23-35-34-14-7-8-17-40(34)57(43(35)28-32)33-12-5-2-6-13-33)56-53(55-51)58-41-26-22-29-18-19-30-20-24-38-36-15-9-16-37-39-25-27-42(58)47-46(41)44(29)45(30)49(38)59(48(36)37)50(39)47/h1-28H. The van der Waals surface area contributed by atoms with Gasteiger partial charge in [0.15, 0.2) is 11.6 Å². The zero-order chi connectivity index (χ0) is 38.1. The molecule has 6 heterocycles. The Kier molecular flexibility index (Phi) is 5.33. The third kappa shape index (κ3) is 3.62. The van der Waals surface area contributed by atoms with Crippen LogP contribution in [0.1, 0.15) is 0 Å². The number of fused-ring (bicyclic) bond motifs is 5. The summed E-state index contributed by atoms with van der Waals surface area (Å²) in [5, 5.41) is 15.1. The summed E-state index contributed by atoms with van der Waals surface area (Å²) in [6.45, 7) is 0. The summed E-state index contributed by atoms with van der Waals surface area (Å²) in [6, 6.07) is 61.2. The quantitative estimate of drug-likeness (QED) is 0.168. The number of benzene rings is 9. The van der Waals surface area contributed by atoms with Gasteiger partial charge < -0.3 is 8.97 Å². The first-order valence-corrected chi connectivity index (χ1v) is 20.1. The van der Waals surface area contributed by atoms with E-state index in [0.717, 1.165) is 38.9 Å². The van der Waals surface area contributed by atoms with Crippen LogP contribution in [0.15, 0.2) is 170 Å². The molecular weight excluding hydrogens is 721 g/mol. The van der Waals surface area contributed by atoms with Gasteiger partial charge in [-0.3, -0.25) is 4.57 Å². The monoisotopic (exact) mass is 748 g/mol. The minimum absolute atomic E-state index is 0.594. The third-order valence-corrected chi connectivity index (χ3v) is 13.1. The van der Waals surface area contributed by atoms with Gasteiger partial charge in [-0.15, -0.1) is 0 Å². The Labute approximate surface area is 334 Å². The summed E-state index contributed by atoms with van der Waals surface area (Å²) in [4.78, 5) is 16.0. The highest BCUT2D eigenvalue weighted by molar-refractivity contribution is 6.41. The van der Waals surface area contributed by atoms with Crippen LogP contribution in [-0.2, 0) is 0 Å². The van der Waals surface area contributed by atoms with Gasteiger partial charge in [0.05, 0.1) is 38.6 Å². The van der Waals surface area contributed by atoms with Crippen molar-refractivity contribution in [2.75, 3.05) is 0 Å². The topological polar surface area (TPSA) is 52.9 Å². The van der Waals surface area contributed by atoms with Gasteiger partial charge in [-0.1, -0.05) is 133 Å². The minimum atomic E-state index is 0.594. The second-order valence-corrected chi connectivity index (χ2v) is 16.0. The molecule has 0 unspecified atom stereocenters. The number of nitrogens with zero attached hydrogens (tertiary/aromatic N) is 6. The van der Waals surface area contributed by atoms with Crippen LogP contribution >= 0.6 is 0 Å². The summed E-state index contributed by atoms with van der Waals surface area (Å²) < 4.78 is 7.20. The molecule has 0 aliphatic carbocycles. The SMILES string of the molecule is c1ccc(-c2nc(-c3ccc4c5ccccc5n(-c5ccccc5)c4c3)nc(-n3c4ccc5ccc6ccc7c8cccc9c%10ccc3c3c4c5c6c7n(c89)c%103)n2)cc1. The maximum absolute atomic E-state index is 5.45. The van der Waals surface area contributed by atoms with Crippen molar-refractivity contribution in [1.29, 1.82) is 0 Å². The van der Waals surface area contributed by atoms with Crippen molar-refractivity contribution < 1.29 is 0 Å². The summed E-state index contributed by atoms with van der Waals surface area (Å²) in [5.74, 6) is 1.85. The molecule has 0 aliphatic heterocycles. The van der Waals surface area contributed by atoms with Crippen molar-refractivity contribution in [1.82, 2.24) is 28.5 Å². The molecular formula is C53H28N6. The fourth-order valence-corrected chi connectivity index (χ4v) is 10.7. The normalized spacial score (nSPS) is 12.7. The van der Waals surface area contributed by atoms with E-state index < -0.39 is 0 Å². The average molecular weight is 749 g/mol. The third-order valence-electron chi connectivity index (χ3n) is 13.1. The van der Waals surface area contributed by atoms with E-state index in [9.17, 15) is 0 Å². The van der Waals surface area contributed by atoms with Gasteiger partial charge in [0.25, 0.3) is 0 Å². The maximum Gasteiger partial charge on any atom is 0.238 e. The van der Waals surface area contributed by atoms with Gasteiger partial charge in [-0.05, 0) is 47.2 Å². The van der Waals surface area contributed by atoms with Crippen molar-refractivity contribution in [2.24, 2.45) is 0 Å². The molecule has 9 aromatic carbocycles. The first-order valence-electron chi connectivity index (χ1n) is 20.1. The molecule has 6 aromatic heterocycles. The second-order valence-electron chi connectivity index (χ2n) is 16.0. The molecule has 15 aromatic rings. The van der Waals surface area contributed by atoms with Crippen LogP contribution in [0, 0.1) is 0 Å². The van der Waals surface area contributed by atoms with Gasteiger partial charge in [-0.25, -0.2) is 4.98 Å². The summed E-state index contributed by atoms with van der Waals surface area (Å²) in [5.41, 5.74) is 11.2. The van der Waals surface area contributed by atoms with Gasteiger partial charge >= 0.3 is 0 Å². The summed E-state index contributed by atoms with van der Waals surface area (Å²) in [6.07, 6.45) is 0. The number of para-hydroxylation sites is 3. The van der Waals surface area contributed by atoms with Gasteiger partial charge in [0, 0.05) is 70.7 Å². The molecule has 0 atom stereocenters. The molecule has 0 spiro atoms. The van der Waals surface area contributed by atoms with Crippen molar-refractivity contribution in [3.05, 3.63) is 170 Å². The lowest BCUT2D eigenvalue weighted by molar-refractivity contribution is 0.954. The van der Waals surface area contributed by atoms with E-state index in [-0.39, 0.29) is 0 Å². The highest BCUT2D eigenvalue weighted by atomic mass is 15.2. The first-order chi connectivity index (χ1) is 29.3. The Hall–Kier alpha value is -8.09. The molecule has 0 bridgehead atoms.